The van der Waals surface area contributed by atoms with Crippen molar-refractivity contribution in [2.75, 3.05) is 18.6 Å². The van der Waals surface area contributed by atoms with Gasteiger partial charge in [-0.15, -0.1) is 11.8 Å². The maximum Gasteiger partial charge on any atom is 0.416 e. The lowest BCUT2D eigenvalue weighted by molar-refractivity contribution is -0.137. The summed E-state index contributed by atoms with van der Waals surface area (Å²) in [5.74, 6) is -1.96. The molecular weight excluding hydrogens is 515 g/mol. The Morgan fingerprint density at radius 3 is 2.44 bits per heavy atom. The topological polar surface area (TPSA) is 118 Å². The SMILES string of the molecule is CSc1ccc(S(=O)(=O)C[C@H]2CC[C@@H](N)C[C@@H]2NC(=O)CNC(=O)c2cccc(C(F)(F)F)c2)cc1. The minimum Gasteiger partial charge on any atom is -0.351 e. The van der Waals surface area contributed by atoms with Gasteiger partial charge in [0.15, 0.2) is 9.84 Å². The highest BCUT2D eigenvalue weighted by Crippen LogP contribution is 2.30. The molecule has 0 radical (unpaired) electrons. The molecule has 1 aliphatic rings. The minimum absolute atomic E-state index is 0.167. The van der Waals surface area contributed by atoms with E-state index in [1.54, 1.807) is 24.3 Å². The first-order valence-electron chi connectivity index (χ1n) is 11.3. The average Bonchev–Trinajstić information content (AvgIpc) is 2.83. The molecule has 7 nitrogen and oxygen atoms in total. The molecule has 0 aromatic heterocycles. The second-order valence-electron chi connectivity index (χ2n) is 8.73. The quantitative estimate of drug-likeness (QED) is 0.440. The smallest absolute Gasteiger partial charge is 0.351 e. The Morgan fingerprint density at radius 1 is 1.11 bits per heavy atom. The fourth-order valence-corrected chi connectivity index (χ4v) is 6.27. The first-order valence-corrected chi connectivity index (χ1v) is 14.1. The van der Waals surface area contributed by atoms with Gasteiger partial charge in [0.25, 0.3) is 5.91 Å². The van der Waals surface area contributed by atoms with Crippen molar-refractivity contribution >= 4 is 33.4 Å². The predicted molar refractivity (Wildman–Crippen MR) is 131 cm³/mol. The van der Waals surface area contributed by atoms with Crippen molar-refractivity contribution in [1.82, 2.24) is 10.6 Å². The van der Waals surface area contributed by atoms with Crippen LogP contribution in [-0.4, -0.2) is 50.9 Å². The fourth-order valence-electron chi connectivity index (χ4n) is 4.16. The summed E-state index contributed by atoms with van der Waals surface area (Å²) in [7, 11) is -3.61. The Labute approximate surface area is 212 Å². The zero-order chi connectivity index (χ0) is 26.5. The van der Waals surface area contributed by atoms with Gasteiger partial charge in [-0.25, -0.2) is 8.42 Å². The number of hydrogen-bond donors (Lipinski definition) is 3. The highest BCUT2D eigenvalue weighted by atomic mass is 32.2. The molecule has 2 aromatic rings. The molecule has 1 aliphatic carbocycles. The van der Waals surface area contributed by atoms with Crippen LogP contribution in [0.15, 0.2) is 58.3 Å². The van der Waals surface area contributed by atoms with Gasteiger partial charge in [0.05, 0.1) is 22.8 Å². The zero-order valence-corrected chi connectivity index (χ0v) is 21.2. The van der Waals surface area contributed by atoms with Crippen molar-refractivity contribution < 1.29 is 31.2 Å². The second-order valence-corrected chi connectivity index (χ2v) is 11.6. The van der Waals surface area contributed by atoms with Gasteiger partial charge >= 0.3 is 6.18 Å². The van der Waals surface area contributed by atoms with Crippen LogP contribution in [0.25, 0.3) is 0 Å². The Kier molecular flexibility index (Phi) is 9.07. The lowest BCUT2D eigenvalue weighted by atomic mass is 9.83. The maximum atomic E-state index is 13.0. The Balaban J connectivity index is 1.62. The third-order valence-corrected chi connectivity index (χ3v) is 8.69. The Bertz CT molecular complexity index is 1190. The monoisotopic (exact) mass is 543 g/mol. The minimum atomic E-state index is -4.60. The molecular formula is C24H28F3N3O4S2. The van der Waals surface area contributed by atoms with E-state index in [0.717, 1.165) is 17.0 Å². The summed E-state index contributed by atoms with van der Waals surface area (Å²) in [5, 5.41) is 5.06. The van der Waals surface area contributed by atoms with E-state index < -0.39 is 46.0 Å². The standard InChI is InChI=1S/C24H28F3N3O4S2/c1-35-19-7-9-20(10-8-19)36(33,34)14-16-5-6-18(28)12-21(16)30-22(31)13-29-23(32)15-3-2-4-17(11-15)24(25,26)27/h2-4,7-11,16,18,21H,5-6,12-14,28H2,1H3,(H,29,32)(H,30,31)/t16-,18-,21+/m1/s1. The Hall–Kier alpha value is -2.57. The molecule has 3 rings (SSSR count). The van der Waals surface area contributed by atoms with E-state index in [-0.39, 0.29) is 28.2 Å². The van der Waals surface area contributed by atoms with Crippen molar-refractivity contribution in [3.05, 3.63) is 59.7 Å². The van der Waals surface area contributed by atoms with E-state index in [0.29, 0.717) is 25.3 Å². The number of carbonyl (C=O) groups excluding carboxylic acids is 2. The molecule has 4 N–H and O–H groups in total. The molecule has 0 saturated heterocycles. The Morgan fingerprint density at radius 2 is 1.81 bits per heavy atom. The molecule has 12 heteroatoms. The van der Waals surface area contributed by atoms with Crippen LogP contribution in [0.1, 0.15) is 35.2 Å². The van der Waals surface area contributed by atoms with E-state index in [4.69, 9.17) is 5.73 Å². The zero-order valence-electron chi connectivity index (χ0n) is 19.5. The molecule has 0 spiro atoms. The molecule has 0 heterocycles. The molecule has 1 fully saturated rings. The summed E-state index contributed by atoms with van der Waals surface area (Å²) in [6, 6.07) is 9.75. The highest BCUT2D eigenvalue weighted by molar-refractivity contribution is 7.98. The number of alkyl halides is 3. The van der Waals surface area contributed by atoms with Gasteiger partial charge in [-0.2, -0.15) is 13.2 Å². The van der Waals surface area contributed by atoms with E-state index >= 15 is 0 Å². The highest BCUT2D eigenvalue weighted by Gasteiger charge is 2.34. The number of hydrogen-bond acceptors (Lipinski definition) is 6. The number of thioether (sulfide) groups is 1. The van der Waals surface area contributed by atoms with Crippen LogP contribution in [0.4, 0.5) is 13.2 Å². The third-order valence-electron chi connectivity index (χ3n) is 6.09. The summed E-state index contributed by atoms with van der Waals surface area (Å²) in [6.45, 7) is -0.476. The molecule has 36 heavy (non-hydrogen) atoms. The summed E-state index contributed by atoms with van der Waals surface area (Å²) in [4.78, 5) is 25.9. The summed E-state index contributed by atoms with van der Waals surface area (Å²) < 4.78 is 64.6. The first-order chi connectivity index (χ1) is 16.9. The lowest BCUT2D eigenvalue weighted by Crippen LogP contribution is -2.51. The third kappa shape index (κ3) is 7.47. The summed E-state index contributed by atoms with van der Waals surface area (Å²) >= 11 is 1.50. The van der Waals surface area contributed by atoms with Crippen LogP contribution >= 0.6 is 11.8 Å². The molecule has 2 aromatic carbocycles. The van der Waals surface area contributed by atoms with E-state index in [9.17, 15) is 31.2 Å². The van der Waals surface area contributed by atoms with Crippen LogP contribution in [0.3, 0.4) is 0 Å². The number of nitrogens with one attached hydrogen (secondary N) is 2. The van der Waals surface area contributed by atoms with Gasteiger partial charge in [-0.3, -0.25) is 9.59 Å². The number of benzene rings is 2. The van der Waals surface area contributed by atoms with Gasteiger partial charge in [0, 0.05) is 22.5 Å². The van der Waals surface area contributed by atoms with Crippen molar-refractivity contribution in [2.24, 2.45) is 11.7 Å². The fraction of sp³-hybridized carbons (Fsp3) is 0.417. The molecule has 0 bridgehead atoms. The van der Waals surface area contributed by atoms with Gasteiger partial charge in [-0.1, -0.05) is 6.07 Å². The normalized spacial score (nSPS) is 20.5. The van der Waals surface area contributed by atoms with Crippen LogP contribution in [0.5, 0.6) is 0 Å². The van der Waals surface area contributed by atoms with E-state index in [2.05, 4.69) is 10.6 Å². The largest absolute Gasteiger partial charge is 0.416 e. The lowest BCUT2D eigenvalue weighted by Gasteiger charge is -2.35. The molecule has 196 valence electrons. The summed E-state index contributed by atoms with van der Waals surface area (Å²) in [6.07, 6.45) is -1.21. The van der Waals surface area contributed by atoms with Gasteiger partial charge < -0.3 is 16.4 Å². The van der Waals surface area contributed by atoms with Crippen LogP contribution in [0.2, 0.25) is 0 Å². The number of nitrogens with two attached hydrogens (primary N) is 1. The summed E-state index contributed by atoms with van der Waals surface area (Å²) in [5.41, 5.74) is 4.86. The predicted octanol–water partition coefficient (Wildman–Crippen LogP) is 3.24. The van der Waals surface area contributed by atoms with E-state index in [1.807, 2.05) is 6.26 Å². The van der Waals surface area contributed by atoms with Crippen molar-refractivity contribution in [1.29, 1.82) is 0 Å². The van der Waals surface area contributed by atoms with Gasteiger partial charge in [-0.05, 0) is 73.9 Å². The van der Waals surface area contributed by atoms with E-state index in [1.165, 1.54) is 17.8 Å². The maximum absolute atomic E-state index is 13.0. The molecule has 3 atom stereocenters. The molecule has 0 aliphatic heterocycles. The van der Waals surface area contributed by atoms with Crippen LogP contribution < -0.4 is 16.4 Å². The second kappa shape index (κ2) is 11.7. The van der Waals surface area contributed by atoms with Crippen molar-refractivity contribution in [3.63, 3.8) is 0 Å². The number of rotatable bonds is 8. The van der Waals surface area contributed by atoms with Crippen LogP contribution in [0, 0.1) is 5.92 Å². The van der Waals surface area contributed by atoms with Crippen molar-refractivity contribution in [3.8, 4) is 0 Å². The number of carbonyl (C=O) groups is 2. The molecule has 0 unspecified atom stereocenters. The van der Waals surface area contributed by atoms with Crippen molar-refractivity contribution in [2.45, 2.75) is 47.3 Å². The van der Waals surface area contributed by atoms with Gasteiger partial charge in [0.2, 0.25) is 5.91 Å². The number of halogens is 3. The first kappa shape index (κ1) is 28.0. The average molecular weight is 544 g/mol. The van der Waals surface area contributed by atoms with Gasteiger partial charge in [0.1, 0.15) is 0 Å². The number of amides is 2. The molecule has 1 saturated carbocycles. The molecule has 2 amide bonds. The van der Waals surface area contributed by atoms with Crippen LogP contribution in [-0.2, 0) is 20.8 Å². The number of sulfone groups is 1.